The van der Waals surface area contributed by atoms with Crippen LogP contribution in [0.3, 0.4) is 0 Å². The van der Waals surface area contributed by atoms with Gasteiger partial charge in [0, 0.05) is 65.7 Å². The molecule has 0 spiro atoms. The lowest BCUT2D eigenvalue weighted by molar-refractivity contribution is -0.129. The van der Waals surface area contributed by atoms with Crippen LogP contribution in [0.25, 0.3) is 0 Å². The van der Waals surface area contributed by atoms with Gasteiger partial charge in [-0.15, -0.1) is 0 Å². The van der Waals surface area contributed by atoms with Crippen LogP contribution in [0, 0.1) is 0 Å². The molecule has 1 fully saturated rings. The van der Waals surface area contributed by atoms with E-state index >= 15 is 0 Å². The molecular weight excluding hydrogens is 666 g/mol. The number of hydrogen-bond acceptors (Lipinski definition) is 7. The summed E-state index contributed by atoms with van der Waals surface area (Å²) in [6.07, 6.45) is 0.207. The Morgan fingerprint density at radius 2 is 1.74 bits per heavy atom. The number of morpholine rings is 1. The molecule has 2 heterocycles. The number of nitrogens with zero attached hydrogens (tertiary/aromatic N) is 2. The van der Waals surface area contributed by atoms with Crippen LogP contribution in [0.15, 0.2) is 86.7 Å². The van der Waals surface area contributed by atoms with Crippen LogP contribution in [0.5, 0.6) is 5.75 Å². The minimum absolute atomic E-state index is 0.0767. The maximum absolute atomic E-state index is 14.4. The van der Waals surface area contributed by atoms with Crippen molar-refractivity contribution < 1.29 is 24.1 Å². The van der Waals surface area contributed by atoms with Gasteiger partial charge in [0.25, 0.3) is 5.91 Å². The third-order valence-corrected chi connectivity index (χ3v) is 8.95. The lowest BCUT2D eigenvalue weighted by atomic mass is 9.82. The smallest absolute Gasteiger partial charge is 0.252 e. The number of aliphatic hydroxyl groups is 1. The highest BCUT2D eigenvalue weighted by atomic mass is 79.9. The van der Waals surface area contributed by atoms with Crippen molar-refractivity contribution in [1.82, 2.24) is 10.2 Å². The first-order valence-electron chi connectivity index (χ1n) is 14.2. The zero-order valence-electron chi connectivity index (χ0n) is 23.3. The van der Waals surface area contributed by atoms with Gasteiger partial charge in [-0.3, -0.25) is 9.69 Å². The summed E-state index contributed by atoms with van der Waals surface area (Å²) < 4.78 is 19.6. The summed E-state index contributed by atoms with van der Waals surface area (Å²) in [5.74, 6) is 0.896. The number of ether oxygens (including phenoxy) is 3. The number of nitrogens with one attached hydrogen (secondary N) is 1. The maximum atomic E-state index is 14.4. The highest BCUT2D eigenvalue weighted by Gasteiger charge is 2.54. The van der Waals surface area contributed by atoms with E-state index in [1.165, 1.54) is 0 Å². The van der Waals surface area contributed by atoms with Crippen molar-refractivity contribution in [2.24, 2.45) is 4.99 Å². The first-order valence-corrected chi connectivity index (χ1v) is 15.8. The van der Waals surface area contributed by atoms with E-state index < -0.39 is 11.6 Å². The molecule has 3 aromatic rings. The number of hydrogen-bond donors (Lipinski definition) is 2. The predicted molar refractivity (Wildman–Crippen MR) is 169 cm³/mol. The van der Waals surface area contributed by atoms with Gasteiger partial charge in [0.1, 0.15) is 5.75 Å². The van der Waals surface area contributed by atoms with Gasteiger partial charge in [0.15, 0.2) is 11.6 Å². The maximum Gasteiger partial charge on any atom is 0.252 e. The second-order valence-electron chi connectivity index (χ2n) is 10.3. The second-order valence-corrected chi connectivity index (χ2v) is 12.0. The Hall–Kier alpha value is -2.76. The largest absolute Gasteiger partial charge is 0.494 e. The van der Waals surface area contributed by atoms with E-state index in [1.807, 2.05) is 72.8 Å². The quantitative estimate of drug-likeness (QED) is 0.261. The van der Waals surface area contributed by atoms with E-state index in [9.17, 15) is 4.79 Å². The monoisotopic (exact) mass is 699 g/mol. The molecule has 2 aliphatic rings. The van der Waals surface area contributed by atoms with Crippen molar-refractivity contribution in [3.05, 3.63) is 98.4 Å². The molecule has 0 aliphatic carbocycles. The third-order valence-electron chi connectivity index (χ3n) is 7.45. The first kappa shape index (κ1) is 30.7. The summed E-state index contributed by atoms with van der Waals surface area (Å²) in [5.41, 5.74) is 1.27. The Morgan fingerprint density at radius 3 is 2.45 bits per heavy atom. The normalized spacial score (nSPS) is 20.5. The Bertz CT molecular complexity index is 1380. The van der Waals surface area contributed by atoms with Crippen molar-refractivity contribution in [3.63, 3.8) is 0 Å². The van der Waals surface area contributed by atoms with Crippen LogP contribution >= 0.6 is 31.9 Å². The predicted octanol–water partition coefficient (Wildman–Crippen LogP) is 4.92. The standard InChI is InChI=1S/C32H35Br2N3O5/c33-27-8-3-1-6-24(27)22-32(31(39)35-14-15-37-16-20-40-21-17-37)29(26-7-2-4-9-28(26)34)42-30(36-32)23-10-12-25(13-11-23)41-19-5-18-38/h1-4,6-13,29,38H,5,14-22H2,(H,35,39)/t29-,32-/m1/s1. The fourth-order valence-corrected chi connectivity index (χ4v) is 6.10. The summed E-state index contributed by atoms with van der Waals surface area (Å²) in [6, 6.07) is 23.2. The van der Waals surface area contributed by atoms with Gasteiger partial charge in [-0.2, -0.15) is 0 Å². The highest BCUT2D eigenvalue weighted by Crippen LogP contribution is 2.45. The molecule has 0 aromatic heterocycles. The average molecular weight is 701 g/mol. The number of benzene rings is 3. The zero-order chi connectivity index (χ0) is 29.4. The van der Waals surface area contributed by atoms with E-state index in [0.717, 1.165) is 45.3 Å². The molecule has 3 aromatic carbocycles. The molecule has 2 N–H and O–H groups in total. The zero-order valence-corrected chi connectivity index (χ0v) is 26.5. The molecule has 8 nitrogen and oxygen atoms in total. The van der Waals surface area contributed by atoms with Crippen molar-refractivity contribution in [2.45, 2.75) is 24.5 Å². The van der Waals surface area contributed by atoms with Gasteiger partial charge in [-0.25, -0.2) is 4.99 Å². The molecule has 10 heteroatoms. The highest BCUT2D eigenvalue weighted by molar-refractivity contribution is 9.10. The van der Waals surface area contributed by atoms with Crippen molar-refractivity contribution in [2.75, 3.05) is 52.6 Å². The molecule has 1 saturated heterocycles. The van der Waals surface area contributed by atoms with E-state index in [0.29, 0.717) is 50.9 Å². The number of carbonyl (C=O) groups is 1. The SMILES string of the molecule is O=C(NCCN1CCOCC1)[C@]1(Cc2ccccc2Br)N=C(c2ccc(OCCCO)cc2)O[C@@H]1c1ccccc1Br. The summed E-state index contributed by atoms with van der Waals surface area (Å²) >= 11 is 7.39. The molecule has 1 amide bonds. The first-order chi connectivity index (χ1) is 20.5. The van der Waals surface area contributed by atoms with E-state index in [1.54, 1.807) is 0 Å². The van der Waals surface area contributed by atoms with Crippen LogP contribution in [-0.2, 0) is 20.7 Å². The van der Waals surface area contributed by atoms with Gasteiger partial charge in [-0.05, 0) is 42.0 Å². The summed E-state index contributed by atoms with van der Waals surface area (Å²) in [4.78, 5) is 21.8. The average Bonchev–Trinajstić information content (AvgIpc) is 3.40. The van der Waals surface area contributed by atoms with Gasteiger partial charge in [0.05, 0.1) is 19.8 Å². The second kappa shape index (κ2) is 14.6. The Morgan fingerprint density at radius 1 is 1.02 bits per heavy atom. The molecular formula is C32H35Br2N3O5. The summed E-state index contributed by atoms with van der Waals surface area (Å²) in [5, 5.41) is 12.3. The van der Waals surface area contributed by atoms with Crippen LogP contribution in [0.1, 0.15) is 29.2 Å². The lowest BCUT2D eigenvalue weighted by Crippen LogP contribution is -2.52. The van der Waals surface area contributed by atoms with Crippen molar-refractivity contribution >= 4 is 43.7 Å². The fraction of sp³-hybridized carbons (Fsp3) is 0.375. The van der Waals surface area contributed by atoms with Gasteiger partial charge < -0.3 is 24.6 Å². The minimum atomic E-state index is -1.27. The summed E-state index contributed by atoms with van der Waals surface area (Å²) in [6.45, 7) is 4.84. The van der Waals surface area contributed by atoms with Crippen LogP contribution in [0.2, 0.25) is 0 Å². The number of halogens is 2. The third kappa shape index (κ3) is 7.23. The molecule has 0 radical (unpaired) electrons. The lowest BCUT2D eigenvalue weighted by Gasteiger charge is -2.32. The van der Waals surface area contributed by atoms with E-state index in [2.05, 4.69) is 42.1 Å². The molecule has 0 bridgehead atoms. The molecule has 2 aliphatic heterocycles. The topological polar surface area (TPSA) is 92.6 Å². The number of rotatable bonds is 12. The van der Waals surface area contributed by atoms with E-state index in [-0.39, 0.29) is 12.5 Å². The Balaban J connectivity index is 1.51. The number of carbonyl (C=O) groups excluding carboxylic acids is 1. The van der Waals surface area contributed by atoms with Crippen molar-refractivity contribution in [1.29, 1.82) is 0 Å². The molecule has 5 rings (SSSR count). The van der Waals surface area contributed by atoms with Crippen LogP contribution in [-0.4, -0.2) is 80.0 Å². The molecule has 42 heavy (non-hydrogen) atoms. The Labute approximate surface area is 263 Å². The minimum Gasteiger partial charge on any atom is -0.494 e. The van der Waals surface area contributed by atoms with Gasteiger partial charge in [0.2, 0.25) is 5.90 Å². The molecule has 0 unspecified atom stereocenters. The molecule has 0 saturated carbocycles. The van der Waals surface area contributed by atoms with Gasteiger partial charge in [-0.1, -0.05) is 68.3 Å². The van der Waals surface area contributed by atoms with Crippen molar-refractivity contribution in [3.8, 4) is 5.75 Å². The van der Waals surface area contributed by atoms with E-state index in [4.69, 9.17) is 24.3 Å². The fourth-order valence-electron chi connectivity index (χ4n) is 5.18. The molecule has 2 atom stereocenters. The summed E-state index contributed by atoms with van der Waals surface area (Å²) in [7, 11) is 0. The number of aliphatic imine (C=N–C) groups is 1. The van der Waals surface area contributed by atoms with Crippen LogP contribution in [0.4, 0.5) is 0 Å². The number of amides is 1. The molecule has 222 valence electrons. The number of aliphatic hydroxyl groups excluding tert-OH is 1. The van der Waals surface area contributed by atoms with Crippen LogP contribution < -0.4 is 10.1 Å². The van der Waals surface area contributed by atoms with Gasteiger partial charge >= 0.3 is 0 Å². The Kier molecular flexibility index (Phi) is 10.7.